The first kappa shape index (κ1) is 17.9. The van der Waals surface area contributed by atoms with Gasteiger partial charge in [0.15, 0.2) is 0 Å². The zero-order valence-corrected chi connectivity index (χ0v) is 14.5. The van der Waals surface area contributed by atoms with Gasteiger partial charge in [0.2, 0.25) is 0 Å². The topological polar surface area (TPSA) is 43.8 Å². The number of benzene rings is 2. The Hall–Kier alpha value is -1.95. The van der Waals surface area contributed by atoms with Gasteiger partial charge in [0.05, 0.1) is 6.10 Å². The van der Waals surface area contributed by atoms with Crippen LogP contribution in [0.15, 0.2) is 48.5 Å². The predicted molar refractivity (Wildman–Crippen MR) is 95.2 cm³/mol. The van der Waals surface area contributed by atoms with Gasteiger partial charge in [0.1, 0.15) is 5.82 Å². The summed E-state index contributed by atoms with van der Waals surface area (Å²) in [6, 6.07) is 12.9. The van der Waals surface area contributed by atoms with Gasteiger partial charge in [0.25, 0.3) is 5.91 Å². The molecule has 1 amide bonds. The Labute approximate surface area is 151 Å². The second kappa shape index (κ2) is 7.95. The third-order valence-corrected chi connectivity index (χ3v) is 4.79. The summed E-state index contributed by atoms with van der Waals surface area (Å²) >= 11 is 6.12. The van der Waals surface area contributed by atoms with Crippen molar-refractivity contribution in [2.75, 3.05) is 32.7 Å². The fourth-order valence-electron chi connectivity index (χ4n) is 3.00. The van der Waals surface area contributed by atoms with Crippen molar-refractivity contribution in [1.82, 2.24) is 9.80 Å². The van der Waals surface area contributed by atoms with Gasteiger partial charge < -0.3 is 10.0 Å². The maximum Gasteiger partial charge on any atom is 0.253 e. The van der Waals surface area contributed by atoms with Crippen LogP contribution in [0, 0.1) is 5.82 Å². The Bertz CT molecular complexity index is 730. The van der Waals surface area contributed by atoms with Crippen molar-refractivity contribution in [3.8, 4) is 0 Å². The van der Waals surface area contributed by atoms with Crippen LogP contribution in [0.4, 0.5) is 4.39 Å². The zero-order chi connectivity index (χ0) is 17.8. The minimum atomic E-state index is -0.659. The van der Waals surface area contributed by atoms with Crippen LogP contribution in [0.25, 0.3) is 0 Å². The smallest absolute Gasteiger partial charge is 0.253 e. The van der Waals surface area contributed by atoms with Crippen molar-refractivity contribution >= 4 is 17.5 Å². The van der Waals surface area contributed by atoms with E-state index in [0.29, 0.717) is 48.9 Å². The average Bonchev–Trinajstić information content (AvgIpc) is 2.63. The highest BCUT2D eigenvalue weighted by atomic mass is 35.5. The van der Waals surface area contributed by atoms with E-state index in [9.17, 15) is 14.3 Å². The van der Waals surface area contributed by atoms with Crippen LogP contribution in [0.1, 0.15) is 22.0 Å². The number of halogens is 2. The molecule has 1 fully saturated rings. The number of piperazine rings is 1. The van der Waals surface area contributed by atoms with E-state index in [2.05, 4.69) is 4.90 Å². The molecule has 0 aliphatic carbocycles. The molecule has 1 aliphatic rings. The van der Waals surface area contributed by atoms with Crippen LogP contribution < -0.4 is 0 Å². The Balaban J connectivity index is 1.54. The van der Waals surface area contributed by atoms with Crippen LogP contribution in [0.3, 0.4) is 0 Å². The van der Waals surface area contributed by atoms with Gasteiger partial charge in [0, 0.05) is 48.9 Å². The molecule has 1 saturated heterocycles. The number of β-amino-alcohol motifs (C(OH)–C–C–N with tert-alkyl or cyclic N) is 1. The van der Waals surface area contributed by atoms with Crippen molar-refractivity contribution in [2.24, 2.45) is 0 Å². The highest BCUT2D eigenvalue weighted by molar-refractivity contribution is 6.31. The summed E-state index contributed by atoms with van der Waals surface area (Å²) < 4.78 is 13.0. The van der Waals surface area contributed by atoms with Gasteiger partial charge in [-0.05, 0) is 30.3 Å². The maximum absolute atomic E-state index is 13.0. The number of aliphatic hydroxyl groups is 1. The maximum atomic E-state index is 13.0. The molecule has 25 heavy (non-hydrogen) atoms. The Morgan fingerprint density at radius 2 is 1.72 bits per heavy atom. The summed E-state index contributed by atoms with van der Waals surface area (Å²) in [6.45, 7) is 2.97. The minimum Gasteiger partial charge on any atom is -0.387 e. The first-order valence-electron chi connectivity index (χ1n) is 8.24. The molecule has 1 heterocycles. The van der Waals surface area contributed by atoms with Crippen LogP contribution in [-0.4, -0.2) is 53.5 Å². The highest BCUT2D eigenvalue weighted by Crippen LogP contribution is 2.23. The number of amides is 1. The summed E-state index contributed by atoms with van der Waals surface area (Å²) in [4.78, 5) is 16.3. The van der Waals surface area contributed by atoms with E-state index in [1.807, 2.05) is 18.2 Å². The minimum absolute atomic E-state index is 0.0914. The number of carbonyl (C=O) groups excluding carboxylic acids is 1. The van der Waals surface area contributed by atoms with Crippen LogP contribution in [-0.2, 0) is 0 Å². The molecule has 1 N–H and O–H groups in total. The average molecular weight is 363 g/mol. The Morgan fingerprint density at radius 3 is 2.36 bits per heavy atom. The lowest BCUT2D eigenvalue weighted by Crippen LogP contribution is -2.49. The molecule has 0 aromatic heterocycles. The molecule has 0 bridgehead atoms. The fourth-order valence-corrected chi connectivity index (χ4v) is 3.26. The SMILES string of the molecule is O=C(c1ccc(F)cc1)N1CCN(C[C@H](O)c2ccccc2Cl)CC1. The molecular weight excluding hydrogens is 343 g/mol. The second-order valence-corrected chi connectivity index (χ2v) is 6.54. The molecule has 4 nitrogen and oxygen atoms in total. The summed E-state index contributed by atoms with van der Waals surface area (Å²) in [7, 11) is 0. The Kier molecular flexibility index (Phi) is 5.68. The first-order valence-corrected chi connectivity index (χ1v) is 8.62. The van der Waals surface area contributed by atoms with Gasteiger partial charge in [-0.25, -0.2) is 4.39 Å². The summed E-state index contributed by atoms with van der Waals surface area (Å²) in [5.74, 6) is -0.443. The molecular formula is C19H20ClFN2O2. The molecule has 1 atom stereocenters. The summed E-state index contributed by atoms with van der Waals surface area (Å²) in [6.07, 6.45) is -0.659. The standard InChI is InChI=1S/C19H20ClFN2O2/c20-17-4-2-1-3-16(17)18(24)13-22-9-11-23(12-10-22)19(25)14-5-7-15(21)8-6-14/h1-8,18,24H,9-13H2/t18-/m0/s1. The summed E-state index contributed by atoms with van der Waals surface area (Å²) in [5, 5.41) is 10.9. The van der Waals surface area contributed by atoms with Gasteiger partial charge in [-0.2, -0.15) is 0 Å². The molecule has 0 spiro atoms. The molecule has 0 unspecified atom stereocenters. The lowest BCUT2D eigenvalue weighted by Gasteiger charge is -2.35. The van der Waals surface area contributed by atoms with Gasteiger partial charge >= 0.3 is 0 Å². The molecule has 6 heteroatoms. The van der Waals surface area contributed by atoms with Crippen LogP contribution in [0.5, 0.6) is 0 Å². The van der Waals surface area contributed by atoms with E-state index in [0.717, 1.165) is 0 Å². The van der Waals surface area contributed by atoms with Crippen molar-refractivity contribution in [3.63, 3.8) is 0 Å². The van der Waals surface area contributed by atoms with E-state index in [-0.39, 0.29) is 11.7 Å². The fraction of sp³-hybridized carbons (Fsp3) is 0.316. The molecule has 3 rings (SSSR count). The third-order valence-electron chi connectivity index (χ3n) is 4.45. The van der Waals surface area contributed by atoms with E-state index in [4.69, 9.17) is 11.6 Å². The number of aliphatic hydroxyl groups excluding tert-OH is 1. The molecule has 132 valence electrons. The highest BCUT2D eigenvalue weighted by Gasteiger charge is 2.24. The Morgan fingerprint density at radius 1 is 1.08 bits per heavy atom. The lowest BCUT2D eigenvalue weighted by atomic mass is 10.1. The number of rotatable bonds is 4. The van der Waals surface area contributed by atoms with E-state index < -0.39 is 6.10 Å². The van der Waals surface area contributed by atoms with E-state index in [1.165, 1.54) is 24.3 Å². The second-order valence-electron chi connectivity index (χ2n) is 6.14. The van der Waals surface area contributed by atoms with Crippen molar-refractivity contribution in [3.05, 3.63) is 70.5 Å². The van der Waals surface area contributed by atoms with Gasteiger partial charge in [-0.1, -0.05) is 29.8 Å². The number of hydrogen-bond acceptors (Lipinski definition) is 3. The number of carbonyl (C=O) groups is 1. The van der Waals surface area contributed by atoms with Gasteiger partial charge in [-0.15, -0.1) is 0 Å². The summed E-state index contributed by atoms with van der Waals surface area (Å²) in [5.41, 5.74) is 1.21. The van der Waals surface area contributed by atoms with Crippen molar-refractivity contribution in [2.45, 2.75) is 6.10 Å². The molecule has 0 saturated carbocycles. The monoisotopic (exact) mass is 362 g/mol. The largest absolute Gasteiger partial charge is 0.387 e. The predicted octanol–water partition coefficient (Wildman–Crippen LogP) is 2.97. The normalized spacial score (nSPS) is 16.7. The zero-order valence-electron chi connectivity index (χ0n) is 13.7. The quantitative estimate of drug-likeness (QED) is 0.909. The van der Waals surface area contributed by atoms with E-state index >= 15 is 0 Å². The number of hydrogen-bond donors (Lipinski definition) is 1. The van der Waals surface area contributed by atoms with E-state index in [1.54, 1.807) is 11.0 Å². The molecule has 0 radical (unpaired) electrons. The van der Waals surface area contributed by atoms with Gasteiger partial charge in [-0.3, -0.25) is 9.69 Å². The van der Waals surface area contributed by atoms with Crippen molar-refractivity contribution in [1.29, 1.82) is 0 Å². The first-order chi connectivity index (χ1) is 12.0. The lowest BCUT2D eigenvalue weighted by molar-refractivity contribution is 0.0527. The molecule has 2 aromatic rings. The van der Waals surface area contributed by atoms with Crippen molar-refractivity contribution < 1.29 is 14.3 Å². The third kappa shape index (κ3) is 4.37. The molecule has 2 aromatic carbocycles. The number of nitrogens with zero attached hydrogens (tertiary/aromatic N) is 2. The van der Waals surface area contributed by atoms with Crippen LogP contribution >= 0.6 is 11.6 Å². The molecule has 1 aliphatic heterocycles. The van der Waals surface area contributed by atoms with Crippen LogP contribution in [0.2, 0.25) is 5.02 Å².